The summed E-state index contributed by atoms with van der Waals surface area (Å²) in [4.78, 5) is 28.0. The van der Waals surface area contributed by atoms with E-state index in [0.29, 0.717) is 13.1 Å². The normalized spacial score (nSPS) is 16.4. The molecule has 1 aromatic rings. The molecule has 2 amide bonds. The van der Waals surface area contributed by atoms with E-state index in [0.717, 1.165) is 23.8 Å². The number of anilines is 1. The second kappa shape index (κ2) is 7.68. The summed E-state index contributed by atoms with van der Waals surface area (Å²) in [6.07, 6.45) is 0. The molecule has 6 heteroatoms. The second-order valence-corrected chi connectivity index (χ2v) is 6.59. The fraction of sp³-hybridized carbons (Fsp3) is 0.529. The highest BCUT2D eigenvalue weighted by atomic mass is 35.5. The van der Waals surface area contributed by atoms with Crippen molar-refractivity contribution in [3.8, 4) is 0 Å². The topological polar surface area (TPSA) is 52.7 Å². The fourth-order valence-corrected chi connectivity index (χ4v) is 3.06. The lowest BCUT2D eigenvalue weighted by Crippen LogP contribution is -2.56. The maximum Gasteiger partial charge on any atom is 0.245 e. The third-order valence-corrected chi connectivity index (χ3v) is 4.40. The average molecular weight is 338 g/mol. The van der Waals surface area contributed by atoms with Crippen LogP contribution < -0.4 is 10.2 Å². The Labute approximate surface area is 142 Å². The number of rotatable bonds is 4. The smallest absolute Gasteiger partial charge is 0.245 e. The Morgan fingerprint density at radius 2 is 1.74 bits per heavy atom. The van der Waals surface area contributed by atoms with Gasteiger partial charge in [-0.1, -0.05) is 37.6 Å². The third-order valence-electron chi connectivity index (χ3n) is 4.08. The van der Waals surface area contributed by atoms with Crippen molar-refractivity contribution in [3.05, 3.63) is 29.3 Å². The lowest BCUT2D eigenvalue weighted by Gasteiger charge is -2.38. The Balaban J connectivity index is 1.99. The first-order valence-corrected chi connectivity index (χ1v) is 8.33. The second-order valence-electron chi connectivity index (χ2n) is 6.19. The van der Waals surface area contributed by atoms with E-state index in [-0.39, 0.29) is 17.7 Å². The van der Waals surface area contributed by atoms with Gasteiger partial charge in [-0.2, -0.15) is 0 Å². The first-order valence-electron chi connectivity index (χ1n) is 7.95. The first-order chi connectivity index (χ1) is 10.9. The van der Waals surface area contributed by atoms with E-state index in [1.807, 2.05) is 43.0 Å². The van der Waals surface area contributed by atoms with Gasteiger partial charge in [0.25, 0.3) is 0 Å². The van der Waals surface area contributed by atoms with Gasteiger partial charge >= 0.3 is 0 Å². The summed E-state index contributed by atoms with van der Waals surface area (Å²) < 4.78 is 0. The predicted molar refractivity (Wildman–Crippen MR) is 92.7 cm³/mol. The molecular formula is C17H24ClN3O2. The lowest BCUT2D eigenvalue weighted by atomic mass is 10.0. The first kappa shape index (κ1) is 17.6. The van der Waals surface area contributed by atoms with Gasteiger partial charge in [-0.15, -0.1) is 0 Å². The van der Waals surface area contributed by atoms with E-state index in [1.165, 1.54) is 6.92 Å². The zero-order chi connectivity index (χ0) is 17.0. The van der Waals surface area contributed by atoms with Gasteiger partial charge in [-0.25, -0.2) is 0 Å². The van der Waals surface area contributed by atoms with Crippen LogP contribution in [0.3, 0.4) is 0 Å². The molecule has 23 heavy (non-hydrogen) atoms. The molecule has 1 aromatic carbocycles. The monoisotopic (exact) mass is 337 g/mol. The van der Waals surface area contributed by atoms with Crippen molar-refractivity contribution in [3.63, 3.8) is 0 Å². The molecule has 1 aliphatic rings. The summed E-state index contributed by atoms with van der Waals surface area (Å²) in [5.41, 5.74) is 1.00. The van der Waals surface area contributed by atoms with Crippen molar-refractivity contribution in [1.29, 1.82) is 0 Å². The molecule has 1 heterocycles. The molecule has 2 rings (SSSR count). The van der Waals surface area contributed by atoms with Crippen LogP contribution in [0.1, 0.15) is 20.8 Å². The molecule has 126 valence electrons. The highest BCUT2D eigenvalue weighted by Crippen LogP contribution is 2.26. The van der Waals surface area contributed by atoms with Crippen molar-refractivity contribution >= 4 is 29.1 Å². The molecule has 0 saturated carbocycles. The van der Waals surface area contributed by atoms with Crippen LogP contribution >= 0.6 is 11.6 Å². The molecule has 0 aromatic heterocycles. The summed E-state index contributed by atoms with van der Waals surface area (Å²) in [5.74, 6) is -0.117. The van der Waals surface area contributed by atoms with E-state index < -0.39 is 6.04 Å². The molecular weight excluding hydrogens is 314 g/mol. The third kappa shape index (κ3) is 4.38. The summed E-state index contributed by atoms with van der Waals surface area (Å²) >= 11 is 6.24. The minimum absolute atomic E-state index is 0.00555. The highest BCUT2D eigenvalue weighted by Gasteiger charge is 2.30. The van der Waals surface area contributed by atoms with Gasteiger partial charge in [0, 0.05) is 33.1 Å². The number of amides is 2. The van der Waals surface area contributed by atoms with Gasteiger partial charge in [0.2, 0.25) is 11.8 Å². The van der Waals surface area contributed by atoms with Crippen molar-refractivity contribution in [2.45, 2.75) is 26.8 Å². The molecule has 0 bridgehead atoms. The molecule has 5 nitrogen and oxygen atoms in total. The summed E-state index contributed by atoms with van der Waals surface area (Å²) in [7, 11) is 0. The van der Waals surface area contributed by atoms with Crippen molar-refractivity contribution in [1.82, 2.24) is 10.2 Å². The molecule has 1 N–H and O–H groups in total. The number of hydrogen-bond donors (Lipinski definition) is 1. The molecule has 1 fully saturated rings. The molecule has 0 spiro atoms. The lowest BCUT2D eigenvalue weighted by molar-refractivity contribution is -0.137. The maximum atomic E-state index is 12.7. The van der Waals surface area contributed by atoms with Gasteiger partial charge in [0.1, 0.15) is 6.04 Å². The number of nitrogens with zero attached hydrogens (tertiary/aromatic N) is 2. The largest absolute Gasteiger partial charge is 0.367 e. The van der Waals surface area contributed by atoms with Gasteiger partial charge < -0.3 is 15.1 Å². The molecule has 1 saturated heterocycles. The number of carbonyl (C=O) groups excluding carboxylic acids is 2. The van der Waals surface area contributed by atoms with Crippen molar-refractivity contribution in [2.75, 3.05) is 31.1 Å². The van der Waals surface area contributed by atoms with E-state index in [4.69, 9.17) is 11.6 Å². The van der Waals surface area contributed by atoms with Crippen molar-refractivity contribution in [2.24, 2.45) is 5.92 Å². The fourth-order valence-electron chi connectivity index (χ4n) is 2.81. The zero-order valence-electron chi connectivity index (χ0n) is 13.9. The number of nitrogens with one attached hydrogen (secondary N) is 1. The van der Waals surface area contributed by atoms with E-state index in [1.54, 1.807) is 0 Å². The van der Waals surface area contributed by atoms with Crippen LogP contribution in [0.15, 0.2) is 24.3 Å². The summed E-state index contributed by atoms with van der Waals surface area (Å²) in [6, 6.07) is 7.28. The highest BCUT2D eigenvalue weighted by molar-refractivity contribution is 6.33. The Morgan fingerprint density at radius 1 is 1.13 bits per heavy atom. The average Bonchev–Trinajstić information content (AvgIpc) is 2.52. The predicted octanol–water partition coefficient (Wildman–Crippen LogP) is 2.15. The zero-order valence-corrected chi connectivity index (χ0v) is 14.6. The Kier molecular flexibility index (Phi) is 5.88. The molecule has 0 radical (unpaired) electrons. The van der Waals surface area contributed by atoms with Crippen LogP contribution in [-0.2, 0) is 9.59 Å². The van der Waals surface area contributed by atoms with E-state index in [9.17, 15) is 9.59 Å². The standard InChI is InChI=1S/C17H24ClN3O2/c1-12(2)16(19-13(3)22)17(23)21-10-8-20(9-11-21)15-7-5-4-6-14(15)18/h4-7,12,16H,8-11H2,1-3H3,(H,19,22). The van der Waals surface area contributed by atoms with Crippen LogP contribution in [-0.4, -0.2) is 48.9 Å². The minimum atomic E-state index is -0.459. The van der Waals surface area contributed by atoms with Crippen LogP contribution in [0.5, 0.6) is 0 Å². The van der Waals surface area contributed by atoms with E-state index >= 15 is 0 Å². The minimum Gasteiger partial charge on any atom is -0.367 e. The number of halogens is 1. The number of carbonyl (C=O) groups is 2. The maximum absolute atomic E-state index is 12.7. The Bertz CT molecular complexity index is 569. The van der Waals surface area contributed by atoms with Gasteiger partial charge in [0.15, 0.2) is 0 Å². The number of piperazine rings is 1. The van der Waals surface area contributed by atoms with Gasteiger partial charge in [-0.3, -0.25) is 9.59 Å². The van der Waals surface area contributed by atoms with Gasteiger partial charge in [-0.05, 0) is 18.1 Å². The van der Waals surface area contributed by atoms with Gasteiger partial charge in [0.05, 0.1) is 10.7 Å². The van der Waals surface area contributed by atoms with Crippen LogP contribution in [0.25, 0.3) is 0 Å². The van der Waals surface area contributed by atoms with Crippen molar-refractivity contribution < 1.29 is 9.59 Å². The molecule has 1 unspecified atom stereocenters. The van der Waals surface area contributed by atoms with Crippen LogP contribution in [0, 0.1) is 5.92 Å². The number of hydrogen-bond acceptors (Lipinski definition) is 3. The van der Waals surface area contributed by atoms with E-state index in [2.05, 4.69) is 10.2 Å². The Hall–Kier alpha value is -1.75. The molecule has 1 aliphatic heterocycles. The summed E-state index contributed by atoms with van der Waals surface area (Å²) in [5, 5.41) is 3.49. The number of benzene rings is 1. The van der Waals surface area contributed by atoms with Crippen LogP contribution in [0.2, 0.25) is 5.02 Å². The number of para-hydroxylation sites is 1. The summed E-state index contributed by atoms with van der Waals surface area (Å²) in [6.45, 7) is 8.06. The van der Waals surface area contributed by atoms with Crippen LogP contribution in [0.4, 0.5) is 5.69 Å². The SMILES string of the molecule is CC(=O)NC(C(=O)N1CCN(c2ccccc2Cl)CC1)C(C)C. The molecule has 0 aliphatic carbocycles. The molecule has 1 atom stereocenters. The Morgan fingerprint density at radius 3 is 2.26 bits per heavy atom. The quantitative estimate of drug-likeness (QED) is 0.916.